The summed E-state index contributed by atoms with van der Waals surface area (Å²) in [6.45, 7) is 9.82. The summed E-state index contributed by atoms with van der Waals surface area (Å²) in [5.74, 6) is -1.69. The molecule has 0 radical (unpaired) electrons. The lowest BCUT2D eigenvalue weighted by molar-refractivity contribution is -0.276. The zero-order valence-corrected chi connectivity index (χ0v) is 23.4. The van der Waals surface area contributed by atoms with E-state index in [2.05, 4.69) is 0 Å². The molecule has 0 amide bonds. The summed E-state index contributed by atoms with van der Waals surface area (Å²) < 4.78 is 22.4. The monoisotopic (exact) mass is 538 g/mol. The van der Waals surface area contributed by atoms with Crippen LogP contribution in [-0.4, -0.2) is 54.7 Å². The summed E-state index contributed by atoms with van der Waals surface area (Å²) in [5, 5.41) is 0. The molecule has 0 bridgehead atoms. The van der Waals surface area contributed by atoms with Gasteiger partial charge in [-0.1, -0.05) is 75.4 Å². The summed E-state index contributed by atoms with van der Waals surface area (Å²) in [6.07, 6.45) is -2.75. The van der Waals surface area contributed by atoms with E-state index in [1.807, 2.05) is 44.2 Å². The van der Waals surface area contributed by atoms with Crippen LogP contribution in [0.15, 0.2) is 54.6 Å². The van der Waals surface area contributed by atoms with Crippen LogP contribution in [0.5, 0.6) is 0 Å². The van der Waals surface area contributed by atoms with Gasteiger partial charge in [0.1, 0.15) is 18.5 Å². The predicted octanol–water partition coefficient (Wildman–Crippen LogP) is 4.68. The minimum atomic E-state index is -0.844. The molecular weight excluding hydrogens is 500 g/mol. The van der Waals surface area contributed by atoms with Crippen molar-refractivity contribution in [2.45, 2.75) is 78.5 Å². The summed E-state index contributed by atoms with van der Waals surface area (Å²) in [4.78, 5) is 49.2. The fourth-order valence-corrected chi connectivity index (χ4v) is 5.01. The second kappa shape index (κ2) is 13.6. The molecule has 0 aliphatic carbocycles. The summed E-state index contributed by atoms with van der Waals surface area (Å²) in [7, 11) is 0. The largest absolute Gasteiger partial charge is 0.458 e. The van der Waals surface area contributed by atoms with Gasteiger partial charge >= 0.3 is 11.9 Å². The van der Waals surface area contributed by atoms with Crippen molar-refractivity contribution in [3.05, 3.63) is 71.3 Å². The number of rotatable bonds is 11. The molecule has 1 fully saturated rings. The van der Waals surface area contributed by atoms with Crippen LogP contribution >= 0.6 is 0 Å². The van der Waals surface area contributed by atoms with E-state index in [1.165, 1.54) is 13.8 Å². The first-order valence-electron chi connectivity index (χ1n) is 13.3. The molecule has 2 aromatic carbocycles. The first-order valence-corrected chi connectivity index (χ1v) is 13.3. The van der Waals surface area contributed by atoms with Crippen molar-refractivity contribution in [1.29, 1.82) is 0 Å². The van der Waals surface area contributed by atoms with Crippen molar-refractivity contribution in [2.24, 2.45) is 11.8 Å². The molecule has 0 N–H and O–H groups in total. The quantitative estimate of drug-likeness (QED) is 0.300. The Morgan fingerprint density at radius 1 is 0.846 bits per heavy atom. The van der Waals surface area contributed by atoms with Gasteiger partial charge in [0.2, 0.25) is 0 Å². The molecule has 1 aliphatic heterocycles. The van der Waals surface area contributed by atoms with E-state index in [9.17, 15) is 19.2 Å². The molecule has 210 valence electrons. The Hall–Kier alpha value is -3.36. The molecule has 3 rings (SSSR count). The van der Waals surface area contributed by atoms with Crippen LogP contribution in [0.25, 0.3) is 0 Å². The van der Waals surface area contributed by atoms with E-state index in [1.54, 1.807) is 38.1 Å². The third kappa shape index (κ3) is 8.07. The van der Waals surface area contributed by atoms with Crippen molar-refractivity contribution in [3.63, 3.8) is 0 Å². The summed E-state index contributed by atoms with van der Waals surface area (Å²) in [6, 6.07) is 16.7. The number of esters is 2. The molecule has 1 heterocycles. The maximum atomic E-state index is 13.1. The lowest BCUT2D eigenvalue weighted by atomic mass is 9.83. The van der Waals surface area contributed by atoms with Gasteiger partial charge in [0.05, 0.1) is 6.10 Å². The van der Waals surface area contributed by atoms with Gasteiger partial charge in [-0.15, -0.1) is 0 Å². The molecule has 0 unspecified atom stereocenters. The average Bonchev–Trinajstić information content (AvgIpc) is 2.87. The number of carbonyl (C=O) groups excluding carboxylic acids is 4. The van der Waals surface area contributed by atoms with Gasteiger partial charge in [0.25, 0.3) is 0 Å². The van der Waals surface area contributed by atoms with Crippen molar-refractivity contribution in [3.8, 4) is 0 Å². The van der Waals surface area contributed by atoms with E-state index >= 15 is 0 Å². The highest BCUT2D eigenvalue weighted by Gasteiger charge is 2.46. The second-order valence-corrected chi connectivity index (χ2v) is 10.4. The normalized spacial score (nSPS) is 23.6. The van der Waals surface area contributed by atoms with Crippen LogP contribution in [0.3, 0.4) is 0 Å². The third-order valence-corrected chi connectivity index (χ3v) is 6.89. The Balaban J connectivity index is 1.61. The Labute approximate surface area is 230 Å². The average molecular weight is 539 g/mol. The van der Waals surface area contributed by atoms with E-state index in [0.717, 1.165) is 11.1 Å². The first-order chi connectivity index (χ1) is 18.5. The number of hydrogen-bond acceptors (Lipinski definition) is 8. The van der Waals surface area contributed by atoms with Crippen LogP contribution in [0.4, 0.5) is 0 Å². The van der Waals surface area contributed by atoms with Crippen LogP contribution in [0.1, 0.15) is 68.9 Å². The molecule has 8 nitrogen and oxygen atoms in total. The van der Waals surface area contributed by atoms with Gasteiger partial charge in [-0.05, 0) is 24.0 Å². The van der Waals surface area contributed by atoms with Crippen molar-refractivity contribution in [1.82, 2.24) is 0 Å². The third-order valence-electron chi connectivity index (χ3n) is 6.89. The molecule has 1 aliphatic rings. The summed E-state index contributed by atoms with van der Waals surface area (Å²) in [5.41, 5.74) is 2.28. The second-order valence-electron chi connectivity index (χ2n) is 10.4. The van der Waals surface area contributed by atoms with Crippen molar-refractivity contribution >= 4 is 23.5 Å². The summed E-state index contributed by atoms with van der Waals surface area (Å²) >= 11 is 0. The van der Waals surface area contributed by atoms with Gasteiger partial charge in [-0.3, -0.25) is 19.2 Å². The van der Waals surface area contributed by atoms with E-state index in [4.69, 9.17) is 18.9 Å². The van der Waals surface area contributed by atoms with Gasteiger partial charge in [0, 0.05) is 37.7 Å². The number of ether oxygens (including phenoxy) is 4. The van der Waals surface area contributed by atoms with Gasteiger partial charge in [-0.25, -0.2) is 0 Å². The number of hydrogen-bond donors (Lipinski definition) is 0. The lowest BCUT2D eigenvalue weighted by Crippen LogP contribution is -2.56. The standard InChI is InChI=1S/C31H38O8/c1-18(2)28(25-10-8-7-9-11-25)26(34)16-23-12-14-24(15-13-23)27(35)17-36-31-19(3)29(38-21(5)32)30(20(4)37-31)39-22(6)33/h7-15,18-20,28-31H,16-17H2,1-6H3/t19-,20-,28-,29-,30+,31+/m0/s1. The molecular formula is C31H38O8. The molecule has 2 aromatic rings. The van der Waals surface area contributed by atoms with Gasteiger partial charge in [-0.2, -0.15) is 0 Å². The molecule has 8 heteroatoms. The molecule has 0 aromatic heterocycles. The lowest BCUT2D eigenvalue weighted by Gasteiger charge is -2.42. The minimum Gasteiger partial charge on any atom is -0.458 e. The predicted molar refractivity (Wildman–Crippen MR) is 144 cm³/mol. The fraction of sp³-hybridized carbons (Fsp3) is 0.484. The van der Waals surface area contributed by atoms with Gasteiger partial charge < -0.3 is 18.9 Å². The first kappa shape index (κ1) is 30.2. The Kier molecular flexibility index (Phi) is 10.5. The number of ketones is 2. The van der Waals surface area contributed by atoms with E-state index in [0.29, 0.717) is 5.56 Å². The maximum absolute atomic E-state index is 13.1. The highest BCUT2D eigenvalue weighted by atomic mass is 16.7. The Morgan fingerprint density at radius 2 is 1.44 bits per heavy atom. The topological polar surface area (TPSA) is 105 Å². The molecule has 39 heavy (non-hydrogen) atoms. The highest BCUT2D eigenvalue weighted by Crippen LogP contribution is 2.31. The van der Waals surface area contributed by atoms with Crippen LogP contribution in [0, 0.1) is 11.8 Å². The van der Waals surface area contributed by atoms with Gasteiger partial charge in [0.15, 0.2) is 18.2 Å². The van der Waals surface area contributed by atoms with E-state index in [-0.39, 0.29) is 36.4 Å². The fourth-order valence-electron chi connectivity index (χ4n) is 5.01. The van der Waals surface area contributed by atoms with Crippen molar-refractivity contribution in [2.75, 3.05) is 6.61 Å². The molecule has 0 spiro atoms. The number of benzene rings is 2. The molecule has 0 saturated carbocycles. The van der Waals surface area contributed by atoms with E-state index < -0.39 is 42.5 Å². The Morgan fingerprint density at radius 3 is 2.00 bits per heavy atom. The van der Waals surface area contributed by atoms with Crippen LogP contribution < -0.4 is 0 Å². The maximum Gasteiger partial charge on any atom is 0.303 e. The highest BCUT2D eigenvalue weighted by molar-refractivity contribution is 5.97. The SMILES string of the molecule is CC(=O)O[C@H]1[C@H](C)[C@H](OCC(=O)c2ccc(CC(=O)[C@H](c3ccccc3)C(C)C)cc2)O[C@@H](C)[C@H]1OC(C)=O. The zero-order valence-electron chi connectivity index (χ0n) is 23.4. The minimum absolute atomic E-state index is 0.130. The van der Waals surface area contributed by atoms with Crippen LogP contribution in [-0.2, 0) is 39.8 Å². The van der Waals surface area contributed by atoms with Crippen LogP contribution in [0.2, 0.25) is 0 Å². The smallest absolute Gasteiger partial charge is 0.303 e. The Bertz CT molecular complexity index is 1140. The number of carbonyl (C=O) groups is 4. The zero-order chi connectivity index (χ0) is 28.7. The molecule has 6 atom stereocenters. The number of Topliss-reactive ketones (excluding diaryl/α,β-unsaturated/α-hetero) is 2. The van der Waals surface area contributed by atoms with Crippen molar-refractivity contribution < 1.29 is 38.1 Å². The molecule has 1 saturated heterocycles.